The van der Waals surface area contributed by atoms with E-state index in [1.807, 2.05) is 55.5 Å². The number of thioether (sulfide) groups is 1. The van der Waals surface area contributed by atoms with Gasteiger partial charge < -0.3 is 10.2 Å². The van der Waals surface area contributed by atoms with E-state index in [0.29, 0.717) is 24.4 Å². The number of hydrogen-bond acceptors (Lipinski definition) is 3. The number of anilines is 1. The van der Waals surface area contributed by atoms with Crippen molar-refractivity contribution in [3.8, 4) is 0 Å². The number of urea groups is 1. The van der Waals surface area contributed by atoms with E-state index in [4.69, 9.17) is 0 Å². The lowest BCUT2D eigenvalue weighted by Gasteiger charge is -2.33. The second-order valence-corrected chi connectivity index (χ2v) is 9.62. The maximum absolute atomic E-state index is 13.9. The zero-order chi connectivity index (χ0) is 23.0. The Bertz CT molecular complexity index is 1230. The maximum Gasteiger partial charge on any atom is 0.319 e. The number of benzene rings is 3. The third kappa shape index (κ3) is 3.76. The van der Waals surface area contributed by atoms with Crippen LogP contribution in [0, 0.1) is 12.7 Å². The van der Waals surface area contributed by atoms with Crippen molar-refractivity contribution >= 4 is 29.4 Å². The molecule has 0 radical (unpaired) electrons. The maximum atomic E-state index is 13.9. The predicted molar refractivity (Wildman–Crippen MR) is 128 cm³/mol. The van der Waals surface area contributed by atoms with E-state index in [1.165, 1.54) is 23.9 Å². The van der Waals surface area contributed by atoms with Gasteiger partial charge in [0.15, 0.2) is 4.87 Å². The molecule has 0 saturated carbocycles. The molecule has 3 aromatic carbocycles. The van der Waals surface area contributed by atoms with Crippen LogP contribution in [0.25, 0.3) is 0 Å². The van der Waals surface area contributed by atoms with Crippen LogP contribution in [0.3, 0.4) is 0 Å². The van der Waals surface area contributed by atoms with E-state index in [1.54, 1.807) is 21.9 Å². The molecule has 1 unspecified atom stereocenters. The molecule has 3 aromatic rings. The molecule has 0 bridgehead atoms. The number of nitrogens with one attached hydrogen (secondary N) is 1. The fraction of sp³-hybridized carbons (Fsp3) is 0.231. The summed E-state index contributed by atoms with van der Waals surface area (Å²) in [5, 5.41) is 3.00. The summed E-state index contributed by atoms with van der Waals surface area (Å²) in [6.07, 6.45) is 0. The molecule has 0 aromatic heterocycles. The number of para-hydroxylation sites is 1. The van der Waals surface area contributed by atoms with Crippen LogP contribution < -0.4 is 10.2 Å². The van der Waals surface area contributed by atoms with Gasteiger partial charge in [-0.25, -0.2) is 9.18 Å². The number of fused-ring (bicyclic) bond motifs is 2. The van der Waals surface area contributed by atoms with Crippen molar-refractivity contribution < 1.29 is 14.0 Å². The van der Waals surface area contributed by atoms with Gasteiger partial charge >= 0.3 is 6.03 Å². The summed E-state index contributed by atoms with van der Waals surface area (Å²) in [7, 11) is 0. The van der Waals surface area contributed by atoms with Crippen molar-refractivity contribution in [3.05, 3.63) is 101 Å². The monoisotopic (exact) mass is 461 g/mol. The Hall–Kier alpha value is -3.32. The number of nitrogens with zero attached hydrogens (tertiary/aromatic N) is 2. The first-order valence-corrected chi connectivity index (χ1v) is 11.9. The van der Waals surface area contributed by atoms with E-state index in [2.05, 4.69) is 5.32 Å². The van der Waals surface area contributed by atoms with Crippen molar-refractivity contribution in [2.24, 2.45) is 0 Å². The Morgan fingerprint density at radius 1 is 1.06 bits per heavy atom. The van der Waals surface area contributed by atoms with Crippen LogP contribution in [0.15, 0.2) is 72.8 Å². The van der Waals surface area contributed by atoms with Crippen LogP contribution in [0.1, 0.15) is 22.3 Å². The molecule has 7 heteroatoms. The molecular formula is C26H24FN3O2S. The zero-order valence-corrected chi connectivity index (χ0v) is 19.1. The lowest BCUT2D eigenvalue weighted by atomic mass is 10.1. The largest absolute Gasteiger partial charge is 0.334 e. The highest BCUT2D eigenvalue weighted by molar-refractivity contribution is 8.01. The summed E-state index contributed by atoms with van der Waals surface area (Å²) >= 11 is 1.48. The first-order valence-electron chi connectivity index (χ1n) is 10.9. The van der Waals surface area contributed by atoms with Gasteiger partial charge in [0.05, 0.1) is 12.2 Å². The predicted octanol–water partition coefficient (Wildman–Crippen LogP) is 4.79. The molecule has 0 aliphatic carbocycles. The van der Waals surface area contributed by atoms with Gasteiger partial charge in [-0.05, 0) is 36.2 Å². The zero-order valence-electron chi connectivity index (χ0n) is 18.3. The van der Waals surface area contributed by atoms with Gasteiger partial charge in [0, 0.05) is 24.4 Å². The van der Waals surface area contributed by atoms with Gasteiger partial charge in [-0.1, -0.05) is 60.2 Å². The number of hydrogen-bond donors (Lipinski definition) is 1. The van der Waals surface area contributed by atoms with Crippen LogP contribution >= 0.6 is 11.8 Å². The lowest BCUT2D eigenvalue weighted by Crippen LogP contribution is -2.53. The fourth-order valence-corrected chi connectivity index (χ4v) is 6.10. The molecular weight excluding hydrogens is 437 g/mol. The van der Waals surface area contributed by atoms with E-state index in [9.17, 15) is 14.0 Å². The molecule has 5 nitrogen and oxygen atoms in total. The highest BCUT2D eigenvalue weighted by Crippen LogP contribution is 2.54. The first-order chi connectivity index (χ1) is 16.0. The van der Waals surface area contributed by atoms with Crippen LogP contribution in [0.4, 0.5) is 14.9 Å². The van der Waals surface area contributed by atoms with Crippen LogP contribution in [-0.4, -0.2) is 29.1 Å². The third-order valence-electron chi connectivity index (χ3n) is 6.10. The molecule has 2 aliphatic rings. The minimum Gasteiger partial charge on any atom is -0.334 e. The summed E-state index contributed by atoms with van der Waals surface area (Å²) in [6.45, 7) is 3.12. The first kappa shape index (κ1) is 21.5. The molecule has 1 fully saturated rings. The normalized spacial score (nSPS) is 19.3. The van der Waals surface area contributed by atoms with Gasteiger partial charge in [0.1, 0.15) is 5.82 Å². The summed E-state index contributed by atoms with van der Waals surface area (Å²) < 4.78 is 13.8. The molecule has 5 rings (SSSR count). The molecule has 2 aliphatic heterocycles. The average molecular weight is 462 g/mol. The van der Waals surface area contributed by atoms with Crippen molar-refractivity contribution in [2.45, 2.75) is 24.9 Å². The number of aryl methyl sites for hydroxylation is 1. The number of carbonyl (C=O) groups is 2. The van der Waals surface area contributed by atoms with Gasteiger partial charge in [-0.15, -0.1) is 11.8 Å². The highest BCUT2D eigenvalue weighted by atomic mass is 32.2. The van der Waals surface area contributed by atoms with Crippen LogP contribution in [-0.2, 0) is 22.8 Å². The van der Waals surface area contributed by atoms with Crippen molar-refractivity contribution in [1.29, 1.82) is 0 Å². The van der Waals surface area contributed by atoms with E-state index in [0.717, 1.165) is 22.4 Å². The standard InChI is InChI=1S/C26H24FN3O2S/c1-18-6-4-7-19(14-18)16-28-25(32)30-12-13-33-26(30)22-10-2-3-11-23(22)29(24(26)31)17-20-8-5-9-21(27)15-20/h2-11,14-15H,12-13,16-17H2,1H3,(H,28,32). The minimum absolute atomic E-state index is 0.166. The van der Waals surface area contributed by atoms with Crippen molar-refractivity contribution in [2.75, 3.05) is 17.2 Å². The van der Waals surface area contributed by atoms with Gasteiger partial charge in [0.25, 0.3) is 5.91 Å². The molecule has 168 valence electrons. The summed E-state index contributed by atoms with van der Waals surface area (Å²) in [6, 6.07) is 21.6. The van der Waals surface area contributed by atoms with Gasteiger partial charge in [-0.2, -0.15) is 0 Å². The highest BCUT2D eigenvalue weighted by Gasteiger charge is 2.59. The van der Waals surface area contributed by atoms with Crippen LogP contribution in [0.5, 0.6) is 0 Å². The topological polar surface area (TPSA) is 52.7 Å². The van der Waals surface area contributed by atoms with Gasteiger partial charge in [0.2, 0.25) is 0 Å². The Labute approximate surface area is 196 Å². The summed E-state index contributed by atoms with van der Waals surface area (Å²) in [4.78, 5) is 29.4. The molecule has 1 atom stereocenters. The number of halogens is 1. The molecule has 1 spiro atoms. The van der Waals surface area contributed by atoms with Gasteiger partial charge in [-0.3, -0.25) is 9.69 Å². The Balaban J connectivity index is 1.44. The molecule has 2 heterocycles. The SMILES string of the molecule is Cc1cccc(CNC(=O)N2CCSC23C(=O)N(Cc2cccc(F)c2)c2ccccc23)c1. The fourth-order valence-electron chi connectivity index (χ4n) is 4.64. The van der Waals surface area contributed by atoms with Crippen molar-refractivity contribution in [3.63, 3.8) is 0 Å². The van der Waals surface area contributed by atoms with E-state index < -0.39 is 4.87 Å². The Morgan fingerprint density at radius 3 is 2.67 bits per heavy atom. The number of rotatable bonds is 4. The molecule has 33 heavy (non-hydrogen) atoms. The van der Waals surface area contributed by atoms with E-state index >= 15 is 0 Å². The minimum atomic E-state index is -1.11. The molecule has 1 saturated heterocycles. The summed E-state index contributed by atoms with van der Waals surface area (Å²) in [5.74, 6) is 0.155. The molecule has 3 amide bonds. The van der Waals surface area contributed by atoms with Crippen LogP contribution in [0.2, 0.25) is 0 Å². The van der Waals surface area contributed by atoms with Crippen molar-refractivity contribution in [1.82, 2.24) is 10.2 Å². The number of carbonyl (C=O) groups excluding carboxylic acids is 2. The smallest absolute Gasteiger partial charge is 0.319 e. The lowest BCUT2D eigenvalue weighted by molar-refractivity contribution is -0.123. The Kier molecular flexibility index (Phi) is 5.58. The average Bonchev–Trinajstić information content (AvgIpc) is 3.35. The quantitative estimate of drug-likeness (QED) is 0.608. The number of amides is 3. The summed E-state index contributed by atoms with van der Waals surface area (Å²) in [5.41, 5.74) is 4.41. The second kappa shape index (κ2) is 8.56. The Morgan fingerprint density at radius 2 is 1.85 bits per heavy atom. The third-order valence-corrected chi connectivity index (χ3v) is 7.52. The molecule has 1 N–H and O–H groups in total. The van der Waals surface area contributed by atoms with E-state index in [-0.39, 0.29) is 24.3 Å². The second-order valence-electron chi connectivity index (χ2n) is 8.33.